The van der Waals surface area contributed by atoms with Crippen molar-refractivity contribution in [1.82, 2.24) is 4.98 Å². The lowest BCUT2D eigenvalue weighted by Crippen LogP contribution is -2.39. The maximum absolute atomic E-state index is 4.52. The van der Waals surface area contributed by atoms with Gasteiger partial charge in [0.1, 0.15) is 0 Å². The van der Waals surface area contributed by atoms with Crippen LogP contribution in [-0.2, 0) is 0 Å². The topological polar surface area (TPSA) is 16.1 Å². The number of anilines is 1. The Bertz CT molecular complexity index is 313. The minimum Gasteiger partial charge on any atom is -0.348 e. The fourth-order valence-electron chi connectivity index (χ4n) is 1.78. The van der Waals surface area contributed by atoms with E-state index < -0.39 is 0 Å². The highest BCUT2D eigenvalue weighted by molar-refractivity contribution is 9.09. The second-order valence-electron chi connectivity index (χ2n) is 4.00. The summed E-state index contributed by atoms with van der Waals surface area (Å²) >= 11 is 5.47. The van der Waals surface area contributed by atoms with Crippen LogP contribution in [0.15, 0.2) is 5.38 Å². The summed E-state index contributed by atoms with van der Waals surface area (Å²) in [4.78, 5) is 7.61. The van der Waals surface area contributed by atoms with Gasteiger partial charge in [0.2, 0.25) is 0 Å². The van der Waals surface area contributed by atoms with Crippen LogP contribution in [0.1, 0.15) is 19.0 Å². The van der Waals surface area contributed by atoms with Crippen LogP contribution in [0.4, 0.5) is 5.13 Å². The van der Waals surface area contributed by atoms with E-state index in [1.54, 1.807) is 11.3 Å². The number of hydrogen-bond donors (Lipinski definition) is 0. The van der Waals surface area contributed by atoms with E-state index in [2.05, 4.69) is 45.0 Å². The van der Waals surface area contributed by atoms with Crippen LogP contribution in [-0.4, -0.2) is 22.9 Å². The van der Waals surface area contributed by atoms with E-state index in [1.165, 1.54) is 11.6 Å². The van der Waals surface area contributed by atoms with Gasteiger partial charge in [0.15, 0.2) is 5.13 Å². The van der Waals surface area contributed by atoms with E-state index in [0.717, 1.165) is 18.8 Å². The second kappa shape index (κ2) is 4.19. The summed E-state index contributed by atoms with van der Waals surface area (Å²) in [5, 5.41) is 3.31. The third-order valence-corrected chi connectivity index (χ3v) is 5.06. The predicted molar refractivity (Wildman–Crippen MR) is 65.6 cm³/mol. The van der Waals surface area contributed by atoms with Gasteiger partial charge >= 0.3 is 0 Å². The van der Waals surface area contributed by atoms with Crippen molar-refractivity contribution in [2.24, 2.45) is 5.92 Å². The zero-order valence-corrected chi connectivity index (χ0v) is 10.9. The number of nitrogens with zero attached hydrogens (tertiary/aromatic N) is 2. The maximum atomic E-state index is 4.52. The summed E-state index contributed by atoms with van der Waals surface area (Å²) in [6.07, 6.45) is 1.22. The molecule has 2 rings (SSSR count). The van der Waals surface area contributed by atoms with Gasteiger partial charge in [-0.1, -0.05) is 22.9 Å². The average molecular weight is 275 g/mol. The molecule has 0 radical (unpaired) electrons. The first-order valence-corrected chi connectivity index (χ1v) is 6.77. The molecule has 1 fully saturated rings. The highest BCUT2D eigenvalue weighted by Gasteiger charge is 2.25. The first kappa shape index (κ1) is 10.4. The molecule has 0 amide bonds. The first-order chi connectivity index (χ1) is 6.66. The SMILES string of the molecule is Cc1csc(N2CCC(Br)C(C)C2)n1. The van der Waals surface area contributed by atoms with Gasteiger partial charge in [0.05, 0.1) is 5.69 Å². The molecular formula is C10H15BrN2S. The minimum atomic E-state index is 0.680. The molecule has 2 heterocycles. The van der Waals surface area contributed by atoms with E-state index in [9.17, 15) is 0 Å². The van der Waals surface area contributed by atoms with Crippen LogP contribution in [0, 0.1) is 12.8 Å². The number of aromatic nitrogens is 1. The highest BCUT2D eigenvalue weighted by atomic mass is 79.9. The largest absolute Gasteiger partial charge is 0.348 e. The molecule has 1 aliphatic heterocycles. The second-order valence-corrected chi connectivity index (χ2v) is 6.01. The van der Waals surface area contributed by atoms with Gasteiger partial charge in [-0.05, 0) is 19.3 Å². The summed E-state index contributed by atoms with van der Waals surface area (Å²) in [6.45, 7) is 6.61. The van der Waals surface area contributed by atoms with Crippen molar-refractivity contribution in [3.63, 3.8) is 0 Å². The lowest BCUT2D eigenvalue weighted by Gasteiger charge is -2.34. The standard InChI is InChI=1S/C10H15BrN2S/c1-7-5-13(4-3-9(7)11)10-12-8(2)6-14-10/h6-7,9H,3-5H2,1-2H3. The number of hydrogen-bond acceptors (Lipinski definition) is 3. The van der Waals surface area contributed by atoms with Crippen molar-refractivity contribution in [3.05, 3.63) is 11.1 Å². The molecule has 78 valence electrons. The number of thiazole rings is 1. The zero-order chi connectivity index (χ0) is 10.1. The summed E-state index contributed by atoms with van der Waals surface area (Å²) in [5.41, 5.74) is 1.14. The van der Waals surface area contributed by atoms with E-state index >= 15 is 0 Å². The quantitative estimate of drug-likeness (QED) is 0.732. The number of alkyl halides is 1. The highest BCUT2D eigenvalue weighted by Crippen LogP contribution is 2.29. The minimum absolute atomic E-state index is 0.680. The Balaban J connectivity index is 2.06. The van der Waals surface area contributed by atoms with Crippen molar-refractivity contribution >= 4 is 32.4 Å². The molecule has 0 spiro atoms. The van der Waals surface area contributed by atoms with Crippen molar-refractivity contribution in [3.8, 4) is 0 Å². The molecule has 14 heavy (non-hydrogen) atoms. The van der Waals surface area contributed by atoms with E-state index in [4.69, 9.17) is 0 Å². The molecule has 2 atom stereocenters. The van der Waals surface area contributed by atoms with Crippen LogP contribution >= 0.6 is 27.3 Å². The monoisotopic (exact) mass is 274 g/mol. The van der Waals surface area contributed by atoms with Crippen LogP contribution in [0.3, 0.4) is 0 Å². The molecule has 0 N–H and O–H groups in total. The molecule has 1 aliphatic rings. The third-order valence-electron chi connectivity index (χ3n) is 2.68. The molecule has 0 aliphatic carbocycles. The van der Waals surface area contributed by atoms with Gasteiger partial charge in [0.25, 0.3) is 0 Å². The van der Waals surface area contributed by atoms with E-state index in [-0.39, 0.29) is 0 Å². The average Bonchev–Trinajstić information content (AvgIpc) is 2.57. The number of halogens is 1. The van der Waals surface area contributed by atoms with Crippen molar-refractivity contribution in [1.29, 1.82) is 0 Å². The number of rotatable bonds is 1. The number of piperidine rings is 1. The first-order valence-electron chi connectivity index (χ1n) is 4.98. The third kappa shape index (κ3) is 2.11. The Morgan fingerprint density at radius 1 is 1.64 bits per heavy atom. The van der Waals surface area contributed by atoms with Gasteiger partial charge in [-0.2, -0.15) is 0 Å². The van der Waals surface area contributed by atoms with Crippen LogP contribution in [0.5, 0.6) is 0 Å². The summed E-state index contributed by atoms with van der Waals surface area (Å²) in [7, 11) is 0. The summed E-state index contributed by atoms with van der Waals surface area (Å²) < 4.78 is 0. The molecule has 1 aromatic heterocycles. The molecule has 0 bridgehead atoms. The van der Waals surface area contributed by atoms with Crippen molar-refractivity contribution in [2.45, 2.75) is 25.1 Å². The van der Waals surface area contributed by atoms with Gasteiger partial charge in [-0.3, -0.25) is 0 Å². The van der Waals surface area contributed by atoms with E-state index in [0.29, 0.717) is 10.7 Å². The lowest BCUT2D eigenvalue weighted by atomic mass is 10.0. The molecule has 0 aromatic carbocycles. The Morgan fingerprint density at radius 3 is 3.00 bits per heavy atom. The normalized spacial score (nSPS) is 28.1. The summed E-state index contributed by atoms with van der Waals surface area (Å²) in [5.74, 6) is 0.716. The Kier molecular flexibility index (Phi) is 3.12. The molecule has 1 aromatic rings. The van der Waals surface area contributed by atoms with Crippen molar-refractivity contribution in [2.75, 3.05) is 18.0 Å². The maximum Gasteiger partial charge on any atom is 0.185 e. The number of aryl methyl sites for hydroxylation is 1. The zero-order valence-electron chi connectivity index (χ0n) is 8.53. The summed E-state index contributed by atoms with van der Waals surface area (Å²) in [6, 6.07) is 0. The fraction of sp³-hybridized carbons (Fsp3) is 0.700. The van der Waals surface area contributed by atoms with Gasteiger partial charge in [-0.25, -0.2) is 4.98 Å². The Hall–Kier alpha value is -0.0900. The van der Waals surface area contributed by atoms with Gasteiger partial charge in [-0.15, -0.1) is 11.3 Å². The Labute approximate surface area is 97.5 Å². The smallest absolute Gasteiger partial charge is 0.185 e. The molecular weight excluding hydrogens is 260 g/mol. The van der Waals surface area contributed by atoms with E-state index in [1.807, 2.05) is 0 Å². The van der Waals surface area contributed by atoms with Crippen LogP contribution in [0.25, 0.3) is 0 Å². The van der Waals surface area contributed by atoms with Crippen molar-refractivity contribution < 1.29 is 0 Å². The predicted octanol–water partition coefficient (Wildman–Crippen LogP) is 3.06. The molecule has 0 saturated carbocycles. The van der Waals surface area contributed by atoms with Crippen LogP contribution < -0.4 is 4.90 Å². The van der Waals surface area contributed by atoms with Gasteiger partial charge in [0, 0.05) is 23.3 Å². The van der Waals surface area contributed by atoms with Gasteiger partial charge < -0.3 is 4.90 Å². The Morgan fingerprint density at radius 2 is 2.43 bits per heavy atom. The molecule has 4 heteroatoms. The molecule has 2 unspecified atom stereocenters. The molecule has 1 saturated heterocycles. The molecule has 2 nitrogen and oxygen atoms in total. The fourth-order valence-corrected chi connectivity index (χ4v) is 2.99. The lowest BCUT2D eigenvalue weighted by molar-refractivity contribution is 0.465. The van der Waals surface area contributed by atoms with Crippen LogP contribution in [0.2, 0.25) is 0 Å².